The van der Waals surface area contributed by atoms with Crippen molar-refractivity contribution >= 4 is 17.6 Å². The quantitative estimate of drug-likeness (QED) is 0.634. The Morgan fingerprint density at radius 2 is 1.94 bits per heavy atom. The van der Waals surface area contributed by atoms with E-state index in [4.69, 9.17) is 4.74 Å². The molecule has 2 bridgehead atoms. The lowest BCUT2D eigenvalue weighted by Crippen LogP contribution is -2.65. The van der Waals surface area contributed by atoms with Crippen molar-refractivity contribution in [3.05, 3.63) is 95.1 Å². The molecular formula is C26H25N3O3. The van der Waals surface area contributed by atoms with Crippen LogP contribution in [-0.2, 0) is 6.54 Å². The van der Waals surface area contributed by atoms with Crippen molar-refractivity contribution in [2.45, 2.75) is 38.6 Å². The molecule has 3 aromatic carbocycles. The zero-order valence-corrected chi connectivity index (χ0v) is 18.1. The van der Waals surface area contributed by atoms with Gasteiger partial charge in [-0.05, 0) is 43.7 Å². The molecule has 3 amide bonds. The highest BCUT2D eigenvalue weighted by molar-refractivity contribution is 5.99. The van der Waals surface area contributed by atoms with E-state index >= 15 is 0 Å². The van der Waals surface area contributed by atoms with Crippen LogP contribution in [0.1, 0.15) is 46.4 Å². The molecule has 2 N–H and O–H groups in total. The summed E-state index contributed by atoms with van der Waals surface area (Å²) in [6.45, 7) is 4.38. The van der Waals surface area contributed by atoms with Gasteiger partial charge in [0.25, 0.3) is 5.91 Å². The molecule has 0 radical (unpaired) electrons. The number of fused-ring (bicyclic) bond motifs is 4. The Hall–Kier alpha value is -3.80. The Labute approximate surface area is 187 Å². The van der Waals surface area contributed by atoms with Gasteiger partial charge in [-0.3, -0.25) is 9.69 Å². The molecule has 2 heterocycles. The van der Waals surface area contributed by atoms with E-state index in [1.165, 1.54) is 0 Å². The van der Waals surface area contributed by atoms with Crippen LogP contribution < -0.4 is 20.3 Å². The van der Waals surface area contributed by atoms with E-state index in [-0.39, 0.29) is 18.0 Å². The van der Waals surface area contributed by atoms with E-state index < -0.39 is 5.72 Å². The lowest BCUT2D eigenvalue weighted by Gasteiger charge is -2.50. The van der Waals surface area contributed by atoms with E-state index in [2.05, 4.69) is 16.7 Å². The maximum atomic E-state index is 13.1. The summed E-state index contributed by atoms with van der Waals surface area (Å²) in [7, 11) is 0. The van der Waals surface area contributed by atoms with Crippen molar-refractivity contribution in [3.8, 4) is 5.75 Å². The predicted molar refractivity (Wildman–Crippen MR) is 123 cm³/mol. The van der Waals surface area contributed by atoms with Gasteiger partial charge in [0.2, 0.25) is 0 Å². The van der Waals surface area contributed by atoms with Crippen LogP contribution in [0.2, 0.25) is 0 Å². The Balaban J connectivity index is 1.41. The molecule has 6 nitrogen and oxygen atoms in total. The van der Waals surface area contributed by atoms with Gasteiger partial charge in [-0.15, -0.1) is 0 Å². The summed E-state index contributed by atoms with van der Waals surface area (Å²) in [6.07, 6.45) is 0.611. The molecule has 6 heteroatoms. The number of hydrogen-bond acceptors (Lipinski definition) is 3. The largest absolute Gasteiger partial charge is 0.467 e. The molecule has 0 saturated carbocycles. The first-order chi connectivity index (χ1) is 15.4. The normalized spacial score (nSPS) is 21.2. The lowest BCUT2D eigenvalue weighted by atomic mass is 9.89. The summed E-state index contributed by atoms with van der Waals surface area (Å²) < 4.78 is 6.35. The van der Waals surface area contributed by atoms with Crippen LogP contribution in [0.25, 0.3) is 0 Å². The fourth-order valence-electron chi connectivity index (χ4n) is 4.55. The number of rotatable bonds is 4. The second kappa shape index (κ2) is 7.71. The number of amides is 3. The van der Waals surface area contributed by atoms with Crippen molar-refractivity contribution in [3.63, 3.8) is 0 Å². The molecule has 32 heavy (non-hydrogen) atoms. The molecule has 3 aromatic rings. The second-order valence-corrected chi connectivity index (χ2v) is 8.58. The van der Waals surface area contributed by atoms with Crippen molar-refractivity contribution in [1.82, 2.24) is 10.6 Å². The number of hydrogen-bond donors (Lipinski definition) is 2. The van der Waals surface area contributed by atoms with E-state index in [1.54, 1.807) is 23.1 Å². The number of urea groups is 1. The zero-order valence-electron chi connectivity index (χ0n) is 18.1. The topological polar surface area (TPSA) is 70.7 Å². The molecule has 162 valence electrons. The van der Waals surface area contributed by atoms with Crippen LogP contribution in [-0.4, -0.2) is 17.7 Å². The first-order valence-corrected chi connectivity index (χ1v) is 10.8. The van der Waals surface area contributed by atoms with Gasteiger partial charge in [-0.25, -0.2) is 4.79 Å². The molecule has 2 aliphatic heterocycles. The number of anilines is 1. The molecule has 5 rings (SSSR count). The number of carbonyl (C=O) groups excluding carboxylic acids is 2. The number of carbonyl (C=O) groups is 2. The van der Waals surface area contributed by atoms with Crippen LogP contribution in [0.4, 0.5) is 10.5 Å². The van der Waals surface area contributed by atoms with Gasteiger partial charge in [-0.2, -0.15) is 0 Å². The maximum absolute atomic E-state index is 13.1. The molecule has 0 spiro atoms. The SMILES string of the molecule is Cc1ccc2c(c1)[C@H]1C[C@@](C)(O2)N(c2cccc(C(=O)NCc3ccccc3)c2)C(=O)N1. The highest BCUT2D eigenvalue weighted by Crippen LogP contribution is 2.45. The third-order valence-electron chi connectivity index (χ3n) is 6.09. The number of benzene rings is 3. The minimum Gasteiger partial charge on any atom is -0.467 e. The standard InChI is InChI=1S/C26H25N3O3/c1-17-11-12-23-21(13-17)22-15-26(2,32-23)29(25(31)28-22)20-10-6-9-19(14-20)24(30)27-16-18-7-4-3-5-8-18/h3-14,22H,15-16H2,1-2H3,(H,27,30)(H,28,31)/t22-,26-/m1/s1. The molecule has 0 aliphatic carbocycles. The first kappa shape index (κ1) is 20.1. The average Bonchev–Trinajstić information content (AvgIpc) is 2.78. The van der Waals surface area contributed by atoms with Gasteiger partial charge < -0.3 is 15.4 Å². The summed E-state index contributed by atoms with van der Waals surface area (Å²) in [5, 5.41) is 6.05. The highest BCUT2D eigenvalue weighted by Gasteiger charge is 2.49. The third-order valence-corrected chi connectivity index (χ3v) is 6.09. The van der Waals surface area contributed by atoms with Gasteiger partial charge in [0.05, 0.1) is 11.7 Å². The summed E-state index contributed by atoms with van der Waals surface area (Å²) in [4.78, 5) is 27.5. The smallest absolute Gasteiger partial charge is 0.325 e. The fourth-order valence-corrected chi connectivity index (χ4v) is 4.55. The number of aryl methyl sites for hydroxylation is 1. The van der Waals surface area contributed by atoms with E-state index in [0.717, 1.165) is 22.4 Å². The summed E-state index contributed by atoms with van der Waals surface area (Å²) in [5.41, 5.74) is 3.41. The Morgan fingerprint density at radius 3 is 2.75 bits per heavy atom. The van der Waals surface area contributed by atoms with Gasteiger partial charge in [0.1, 0.15) is 5.75 Å². The number of ether oxygens (including phenoxy) is 1. The van der Waals surface area contributed by atoms with Crippen molar-refractivity contribution < 1.29 is 14.3 Å². The minimum absolute atomic E-state index is 0.107. The Morgan fingerprint density at radius 1 is 1.12 bits per heavy atom. The van der Waals surface area contributed by atoms with Crippen molar-refractivity contribution in [1.29, 1.82) is 0 Å². The lowest BCUT2D eigenvalue weighted by molar-refractivity contribution is 0.0378. The monoisotopic (exact) mass is 427 g/mol. The fraction of sp³-hybridized carbons (Fsp3) is 0.231. The Bertz CT molecular complexity index is 1190. The van der Waals surface area contributed by atoms with Crippen LogP contribution in [0.3, 0.4) is 0 Å². The van der Waals surface area contributed by atoms with Gasteiger partial charge >= 0.3 is 6.03 Å². The van der Waals surface area contributed by atoms with Crippen molar-refractivity contribution in [2.24, 2.45) is 0 Å². The van der Waals surface area contributed by atoms with Crippen LogP contribution >= 0.6 is 0 Å². The first-order valence-electron chi connectivity index (χ1n) is 10.8. The average molecular weight is 428 g/mol. The highest BCUT2D eigenvalue weighted by atomic mass is 16.5. The summed E-state index contributed by atoms with van der Waals surface area (Å²) >= 11 is 0. The number of nitrogens with one attached hydrogen (secondary N) is 2. The minimum atomic E-state index is -0.853. The number of nitrogens with zero attached hydrogens (tertiary/aromatic N) is 1. The van der Waals surface area contributed by atoms with Crippen LogP contribution in [0, 0.1) is 6.92 Å². The molecule has 1 saturated heterocycles. The van der Waals surface area contributed by atoms with E-state index in [9.17, 15) is 9.59 Å². The van der Waals surface area contributed by atoms with Gasteiger partial charge in [0, 0.05) is 24.1 Å². The molecule has 0 aromatic heterocycles. The molecule has 2 atom stereocenters. The van der Waals surface area contributed by atoms with Gasteiger partial charge in [-0.1, -0.05) is 54.1 Å². The van der Waals surface area contributed by atoms with E-state index in [1.807, 2.05) is 62.4 Å². The van der Waals surface area contributed by atoms with Crippen molar-refractivity contribution in [2.75, 3.05) is 4.90 Å². The third kappa shape index (κ3) is 3.58. The second-order valence-electron chi connectivity index (χ2n) is 8.58. The Kier molecular flexibility index (Phi) is 4.85. The van der Waals surface area contributed by atoms with Crippen LogP contribution in [0.5, 0.6) is 5.75 Å². The maximum Gasteiger partial charge on any atom is 0.325 e. The predicted octanol–water partition coefficient (Wildman–Crippen LogP) is 4.69. The molecule has 1 fully saturated rings. The summed E-state index contributed by atoms with van der Waals surface area (Å²) in [6, 6.07) is 22.5. The van der Waals surface area contributed by atoms with Crippen LogP contribution in [0.15, 0.2) is 72.8 Å². The molecule has 2 aliphatic rings. The zero-order chi connectivity index (χ0) is 22.3. The van der Waals surface area contributed by atoms with E-state index in [0.29, 0.717) is 24.2 Å². The summed E-state index contributed by atoms with van der Waals surface area (Å²) in [5.74, 6) is 0.581. The molecular weight excluding hydrogens is 402 g/mol. The molecule has 0 unspecified atom stereocenters. The van der Waals surface area contributed by atoms with Gasteiger partial charge in [0.15, 0.2) is 5.72 Å².